The van der Waals surface area contributed by atoms with E-state index in [0.717, 1.165) is 35.5 Å². The van der Waals surface area contributed by atoms with Gasteiger partial charge >= 0.3 is 5.97 Å². The molecular weight excluding hydrogens is 525 g/mol. The van der Waals surface area contributed by atoms with E-state index in [1.807, 2.05) is 0 Å². The summed E-state index contributed by atoms with van der Waals surface area (Å²) in [6.45, 7) is 3.35. The Labute approximate surface area is 228 Å². The van der Waals surface area contributed by atoms with E-state index in [1.54, 1.807) is 36.5 Å². The van der Waals surface area contributed by atoms with Crippen molar-refractivity contribution in [2.24, 2.45) is 0 Å². The van der Waals surface area contributed by atoms with Crippen LogP contribution in [0.4, 0.5) is 4.39 Å². The molecule has 1 atom stereocenters. The number of rotatable bonds is 9. The van der Waals surface area contributed by atoms with Crippen LogP contribution in [0.2, 0.25) is 5.02 Å². The number of fused-ring (bicyclic) bond motifs is 1. The molecule has 6 rings (SSSR count). The Hall–Kier alpha value is -3.86. The molecule has 2 aromatic carbocycles. The number of aromatic nitrogens is 4. The lowest BCUT2D eigenvalue weighted by Crippen LogP contribution is -2.32. The van der Waals surface area contributed by atoms with E-state index in [0.29, 0.717) is 42.7 Å². The Morgan fingerprint density at radius 2 is 2.08 bits per heavy atom. The highest BCUT2D eigenvalue weighted by Crippen LogP contribution is 2.26. The summed E-state index contributed by atoms with van der Waals surface area (Å²) in [7, 11) is 0. The molecule has 0 saturated carbocycles. The lowest BCUT2D eigenvalue weighted by molar-refractivity contribution is -0.0591. The fourth-order valence-electron chi connectivity index (χ4n) is 4.73. The number of hydrogen-bond donors (Lipinski definition) is 1. The summed E-state index contributed by atoms with van der Waals surface area (Å²) in [6, 6.07) is 11.0. The van der Waals surface area contributed by atoms with Crippen LogP contribution in [0.15, 0.2) is 54.7 Å². The molecule has 9 nitrogen and oxygen atoms in total. The summed E-state index contributed by atoms with van der Waals surface area (Å²) >= 11 is 5.81. The zero-order chi connectivity index (χ0) is 26.9. The summed E-state index contributed by atoms with van der Waals surface area (Å²) in [4.78, 5) is 27.7. The molecule has 2 aliphatic heterocycles. The van der Waals surface area contributed by atoms with E-state index in [-0.39, 0.29) is 24.0 Å². The summed E-state index contributed by atoms with van der Waals surface area (Å²) in [6.07, 6.45) is 4.82. The van der Waals surface area contributed by atoms with Crippen LogP contribution < -0.4 is 4.74 Å². The molecule has 0 unspecified atom stereocenters. The van der Waals surface area contributed by atoms with E-state index in [4.69, 9.17) is 26.1 Å². The molecule has 4 aromatic rings. The number of carbonyl (C=O) groups is 1. The molecule has 0 radical (unpaired) electrons. The van der Waals surface area contributed by atoms with Gasteiger partial charge in [0.05, 0.1) is 41.5 Å². The van der Waals surface area contributed by atoms with Crippen LogP contribution in [0.3, 0.4) is 0 Å². The smallest absolute Gasteiger partial charge is 0.335 e. The molecule has 1 saturated heterocycles. The van der Waals surface area contributed by atoms with Gasteiger partial charge in [-0.25, -0.2) is 24.1 Å². The van der Waals surface area contributed by atoms with Crippen LogP contribution in [0.25, 0.3) is 16.6 Å². The SMILES string of the molecule is O=C(O)c1ccc2nc(CN3CC=C(c4nccc(COc5ccc(Cl)cc5F)n4)C3)n(C[C@@H]3CCO3)c2c1. The molecule has 2 aromatic heterocycles. The Balaban J connectivity index is 1.16. The van der Waals surface area contributed by atoms with Gasteiger partial charge in [-0.3, -0.25) is 4.90 Å². The van der Waals surface area contributed by atoms with Gasteiger partial charge in [0.2, 0.25) is 0 Å². The van der Waals surface area contributed by atoms with E-state index < -0.39 is 11.8 Å². The average Bonchev–Trinajstić information content (AvgIpc) is 3.50. The van der Waals surface area contributed by atoms with Crippen molar-refractivity contribution in [1.82, 2.24) is 24.4 Å². The minimum absolute atomic E-state index is 0.0939. The highest BCUT2D eigenvalue weighted by atomic mass is 35.5. The fourth-order valence-corrected chi connectivity index (χ4v) is 4.89. The molecule has 2 aliphatic rings. The Morgan fingerprint density at radius 3 is 2.85 bits per heavy atom. The predicted molar refractivity (Wildman–Crippen MR) is 142 cm³/mol. The largest absolute Gasteiger partial charge is 0.484 e. The number of carboxylic acid groups (broad SMARTS) is 1. The van der Waals surface area contributed by atoms with E-state index >= 15 is 0 Å². The van der Waals surface area contributed by atoms with E-state index in [1.165, 1.54) is 12.1 Å². The maximum atomic E-state index is 14.0. The second kappa shape index (κ2) is 10.7. The van der Waals surface area contributed by atoms with Crippen LogP contribution in [0.5, 0.6) is 5.75 Å². The van der Waals surface area contributed by atoms with Crippen LogP contribution in [-0.2, 0) is 24.4 Å². The number of benzene rings is 2. The van der Waals surface area contributed by atoms with Crippen molar-refractivity contribution in [3.05, 3.63) is 88.5 Å². The molecule has 0 amide bonds. The number of aromatic carboxylic acids is 1. The van der Waals surface area contributed by atoms with Crippen molar-refractivity contribution in [2.75, 3.05) is 19.7 Å². The summed E-state index contributed by atoms with van der Waals surface area (Å²) in [5.74, 6) is 0.0605. The normalized spacial score (nSPS) is 17.3. The fraction of sp³-hybridized carbons (Fsp3) is 0.286. The van der Waals surface area contributed by atoms with Crippen molar-refractivity contribution in [2.45, 2.75) is 32.2 Å². The minimum atomic E-state index is -0.967. The van der Waals surface area contributed by atoms with Crippen molar-refractivity contribution in [3.63, 3.8) is 0 Å². The molecule has 200 valence electrons. The quantitative estimate of drug-likeness (QED) is 0.323. The summed E-state index contributed by atoms with van der Waals surface area (Å²) in [5, 5.41) is 9.78. The number of nitrogens with zero attached hydrogens (tertiary/aromatic N) is 5. The monoisotopic (exact) mass is 549 g/mol. The first kappa shape index (κ1) is 25.4. The number of imidazole rings is 1. The van der Waals surface area contributed by atoms with Gasteiger partial charge < -0.3 is 19.1 Å². The van der Waals surface area contributed by atoms with E-state index in [2.05, 4.69) is 25.5 Å². The Morgan fingerprint density at radius 1 is 1.21 bits per heavy atom. The molecule has 0 spiro atoms. The van der Waals surface area contributed by atoms with Crippen molar-refractivity contribution in [1.29, 1.82) is 0 Å². The van der Waals surface area contributed by atoms with E-state index in [9.17, 15) is 14.3 Å². The van der Waals surface area contributed by atoms with Gasteiger partial charge in [0, 0.05) is 36.5 Å². The maximum Gasteiger partial charge on any atom is 0.335 e. The minimum Gasteiger partial charge on any atom is -0.484 e. The van der Waals surface area contributed by atoms with Crippen molar-refractivity contribution < 1.29 is 23.8 Å². The number of ether oxygens (including phenoxy) is 2. The van der Waals surface area contributed by atoms with Crippen LogP contribution in [0, 0.1) is 5.82 Å². The first-order valence-electron chi connectivity index (χ1n) is 12.6. The predicted octanol–water partition coefficient (Wildman–Crippen LogP) is 4.58. The summed E-state index contributed by atoms with van der Waals surface area (Å²) < 4.78 is 27.4. The van der Waals surface area contributed by atoms with Crippen LogP contribution in [-0.4, -0.2) is 61.3 Å². The van der Waals surface area contributed by atoms with Gasteiger partial charge in [-0.15, -0.1) is 0 Å². The van der Waals surface area contributed by atoms with Gasteiger partial charge in [0.1, 0.15) is 12.4 Å². The second-order valence-corrected chi connectivity index (χ2v) is 10.00. The lowest BCUT2D eigenvalue weighted by Gasteiger charge is -2.28. The second-order valence-electron chi connectivity index (χ2n) is 9.56. The third-order valence-electron chi connectivity index (χ3n) is 6.88. The zero-order valence-electron chi connectivity index (χ0n) is 20.9. The molecule has 1 fully saturated rings. The molecule has 11 heteroatoms. The first-order chi connectivity index (χ1) is 18.9. The number of halogens is 2. The number of carboxylic acids is 1. The van der Waals surface area contributed by atoms with Gasteiger partial charge in [0.25, 0.3) is 0 Å². The summed E-state index contributed by atoms with van der Waals surface area (Å²) in [5.41, 5.74) is 3.39. The topological polar surface area (TPSA) is 103 Å². The molecule has 0 bridgehead atoms. The van der Waals surface area contributed by atoms with Gasteiger partial charge in [-0.1, -0.05) is 17.7 Å². The first-order valence-corrected chi connectivity index (χ1v) is 13.0. The van der Waals surface area contributed by atoms with Crippen LogP contribution >= 0.6 is 11.6 Å². The lowest BCUT2D eigenvalue weighted by atomic mass is 10.1. The van der Waals surface area contributed by atoms with Crippen molar-refractivity contribution >= 4 is 34.2 Å². The Bertz CT molecular complexity index is 1590. The molecule has 4 heterocycles. The molecule has 0 aliphatic carbocycles. The van der Waals surface area contributed by atoms with Gasteiger partial charge in [-0.05, 0) is 48.9 Å². The highest BCUT2D eigenvalue weighted by molar-refractivity contribution is 6.30. The molecule has 39 heavy (non-hydrogen) atoms. The molecular formula is C28H25ClFN5O4. The standard InChI is InChI=1S/C28H25ClFN5O4/c29-19-2-4-25(22(30)12-19)39-16-20-5-8-31-27(32-20)18-6-9-34(13-18)15-26-33-23-3-1-17(28(36)37)11-24(23)35(26)14-21-7-10-38-21/h1-6,8,11-12,21H,7,9-10,13-16H2,(H,36,37)/t21-/m0/s1. The molecule has 1 N–H and O–H groups in total. The van der Waals surface area contributed by atoms with Crippen molar-refractivity contribution in [3.8, 4) is 5.75 Å². The Kier molecular flexibility index (Phi) is 6.99. The maximum absolute atomic E-state index is 14.0. The van der Waals surface area contributed by atoms with Gasteiger partial charge in [-0.2, -0.15) is 0 Å². The average molecular weight is 550 g/mol. The van der Waals surface area contributed by atoms with Crippen LogP contribution in [0.1, 0.15) is 34.1 Å². The third-order valence-corrected chi connectivity index (χ3v) is 7.11. The highest BCUT2D eigenvalue weighted by Gasteiger charge is 2.25. The number of hydrogen-bond acceptors (Lipinski definition) is 7. The third kappa shape index (κ3) is 5.49. The van der Waals surface area contributed by atoms with Gasteiger partial charge in [0.15, 0.2) is 17.4 Å². The zero-order valence-corrected chi connectivity index (χ0v) is 21.6.